The molecule has 0 aromatic heterocycles. The Morgan fingerprint density at radius 2 is 2.31 bits per heavy atom. The van der Waals surface area contributed by atoms with E-state index in [0.717, 1.165) is 26.1 Å². The topological polar surface area (TPSA) is 56.2 Å². The number of hydrogen-bond acceptors (Lipinski definition) is 3. The monoisotopic (exact) mass is 185 g/mol. The number of carbonyl (C=O) groups excluding carboxylic acids is 1. The fourth-order valence-corrected chi connectivity index (χ4v) is 1.64. The fraction of sp³-hybridized carbons (Fsp3) is 0.778. The summed E-state index contributed by atoms with van der Waals surface area (Å²) < 4.78 is 0. The number of carbonyl (C=O) groups is 1. The SMILES string of the molecule is C=N.CCN(C(C)=O)C1CCNC1. The lowest BCUT2D eigenvalue weighted by atomic mass is 10.2. The van der Waals surface area contributed by atoms with Crippen LogP contribution < -0.4 is 5.32 Å². The number of likely N-dealkylation sites (N-methyl/N-ethyl adjacent to an activating group) is 1. The quantitative estimate of drug-likeness (QED) is 0.615. The Labute approximate surface area is 79.8 Å². The van der Waals surface area contributed by atoms with Gasteiger partial charge in [0.2, 0.25) is 5.91 Å². The molecule has 1 atom stereocenters. The van der Waals surface area contributed by atoms with Gasteiger partial charge >= 0.3 is 0 Å². The van der Waals surface area contributed by atoms with Gasteiger partial charge in [-0.3, -0.25) is 4.79 Å². The number of nitrogens with one attached hydrogen (secondary N) is 2. The molecule has 1 aliphatic heterocycles. The van der Waals surface area contributed by atoms with Gasteiger partial charge in [0.15, 0.2) is 0 Å². The second-order valence-corrected chi connectivity index (χ2v) is 2.95. The van der Waals surface area contributed by atoms with Crippen molar-refractivity contribution in [2.45, 2.75) is 26.3 Å². The summed E-state index contributed by atoms with van der Waals surface area (Å²) in [4.78, 5) is 13.0. The summed E-state index contributed by atoms with van der Waals surface area (Å²) in [5.41, 5.74) is 0. The van der Waals surface area contributed by atoms with Crippen LogP contribution in [0.3, 0.4) is 0 Å². The van der Waals surface area contributed by atoms with Crippen LogP contribution in [0, 0.1) is 5.41 Å². The van der Waals surface area contributed by atoms with Gasteiger partial charge in [-0.05, 0) is 26.6 Å². The molecule has 0 spiro atoms. The van der Waals surface area contributed by atoms with Crippen molar-refractivity contribution in [3.8, 4) is 0 Å². The third-order valence-electron chi connectivity index (χ3n) is 2.22. The highest BCUT2D eigenvalue weighted by molar-refractivity contribution is 5.73. The van der Waals surface area contributed by atoms with Gasteiger partial charge in [0.25, 0.3) is 0 Å². The van der Waals surface area contributed by atoms with Crippen LogP contribution in [0.2, 0.25) is 0 Å². The maximum atomic E-state index is 11.1. The normalized spacial score (nSPS) is 20.3. The van der Waals surface area contributed by atoms with Crippen LogP contribution in [0.5, 0.6) is 0 Å². The van der Waals surface area contributed by atoms with Gasteiger partial charge in [0, 0.05) is 26.1 Å². The van der Waals surface area contributed by atoms with Gasteiger partial charge < -0.3 is 15.6 Å². The fourth-order valence-electron chi connectivity index (χ4n) is 1.64. The van der Waals surface area contributed by atoms with E-state index in [0.29, 0.717) is 6.04 Å². The highest BCUT2D eigenvalue weighted by atomic mass is 16.2. The highest BCUT2D eigenvalue weighted by Crippen LogP contribution is 2.07. The van der Waals surface area contributed by atoms with E-state index in [1.807, 2.05) is 11.8 Å². The van der Waals surface area contributed by atoms with E-state index in [4.69, 9.17) is 5.41 Å². The maximum Gasteiger partial charge on any atom is 0.219 e. The molecule has 1 saturated heterocycles. The van der Waals surface area contributed by atoms with Gasteiger partial charge in [-0.15, -0.1) is 0 Å². The van der Waals surface area contributed by atoms with Crippen molar-refractivity contribution in [2.75, 3.05) is 19.6 Å². The Bertz CT molecular complexity index is 155. The lowest BCUT2D eigenvalue weighted by Crippen LogP contribution is -2.39. The van der Waals surface area contributed by atoms with Crippen LogP contribution in [0.25, 0.3) is 0 Å². The van der Waals surface area contributed by atoms with Gasteiger partial charge in [0.05, 0.1) is 0 Å². The molecule has 1 unspecified atom stereocenters. The van der Waals surface area contributed by atoms with E-state index in [9.17, 15) is 4.79 Å². The van der Waals surface area contributed by atoms with Gasteiger partial charge in [-0.1, -0.05) is 0 Å². The van der Waals surface area contributed by atoms with Gasteiger partial charge in [-0.2, -0.15) is 0 Å². The van der Waals surface area contributed by atoms with E-state index in [-0.39, 0.29) is 5.91 Å². The summed E-state index contributed by atoms with van der Waals surface area (Å²) >= 11 is 0. The second kappa shape index (κ2) is 6.60. The first-order valence-electron chi connectivity index (χ1n) is 4.59. The molecule has 1 aliphatic rings. The molecule has 1 fully saturated rings. The molecular formula is C9H19N3O. The largest absolute Gasteiger partial charge is 0.339 e. The molecule has 4 nitrogen and oxygen atoms in total. The van der Waals surface area contributed by atoms with Gasteiger partial charge in [0.1, 0.15) is 0 Å². The molecule has 13 heavy (non-hydrogen) atoms. The minimum atomic E-state index is 0.196. The molecule has 76 valence electrons. The van der Waals surface area contributed by atoms with E-state index in [1.54, 1.807) is 6.92 Å². The predicted molar refractivity (Wildman–Crippen MR) is 54.2 cm³/mol. The second-order valence-electron chi connectivity index (χ2n) is 2.95. The molecule has 0 aromatic rings. The van der Waals surface area contributed by atoms with Crippen molar-refractivity contribution in [2.24, 2.45) is 0 Å². The average Bonchev–Trinajstić information content (AvgIpc) is 2.62. The summed E-state index contributed by atoms with van der Waals surface area (Å²) in [5, 5.41) is 8.75. The first-order chi connectivity index (χ1) is 6.25. The lowest BCUT2D eigenvalue weighted by Gasteiger charge is -2.25. The van der Waals surface area contributed by atoms with E-state index < -0.39 is 0 Å². The van der Waals surface area contributed by atoms with Crippen LogP contribution in [0.1, 0.15) is 20.3 Å². The van der Waals surface area contributed by atoms with Crippen LogP contribution in [-0.2, 0) is 4.79 Å². The standard InChI is InChI=1S/C8H16N2O.CH3N/c1-3-10(7(2)11)8-4-5-9-6-8;1-2/h8-9H,3-6H2,1-2H3;2H,1H2. The Morgan fingerprint density at radius 1 is 1.69 bits per heavy atom. The zero-order valence-corrected chi connectivity index (χ0v) is 8.47. The smallest absolute Gasteiger partial charge is 0.219 e. The molecule has 1 rings (SSSR count). The zero-order valence-electron chi connectivity index (χ0n) is 8.47. The summed E-state index contributed by atoms with van der Waals surface area (Å²) in [7, 11) is 0. The Hall–Kier alpha value is -0.900. The zero-order chi connectivity index (χ0) is 10.3. The molecule has 0 radical (unpaired) electrons. The third-order valence-corrected chi connectivity index (χ3v) is 2.22. The lowest BCUT2D eigenvalue weighted by molar-refractivity contribution is -0.130. The van der Waals surface area contributed by atoms with Gasteiger partial charge in [-0.25, -0.2) is 0 Å². The first kappa shape index (κ1) is 12.1. The first-order valence-corrected chi connectivity index (χ1v) is 4.59. The minimum Gasteiger partial charge on any atom is -0.339 e. The van der Waals surface area contributed by atoms with Crippen LogP contribution >= 0.6 is 0 Å². The predicted octanol–water partition coefficient (Wildman–Crippen LogP) is 0.482. The molecule has 0 bridgehead atoms. The number of amides is 1. The number of rotatable bonds is 2. The minimum absolute atomic E-state index is 0.196. The maximum absolute atomic E-state index is 11.1. The van der Waals surface area contributed by atoms with Crippen molar-refractivity contribution in [1.82, 2.24) is 10.2 Å². The summed E-state index contributed by atoms with van der Waals surface area (Å²) in [6, 6.07) is 0.442. The van der Waals surface area contributed by atoms with E-state index in [2.05, 4.69) is 12.0 Å². The average molecular weight is 185 g/mol. The Morgan fingerprint density at radius 3 is 2.62 bits per heavy atom. The van der Waals surface area contributed by atoms with Crippen molar-refractivity contribution in [3.63, 3.8) is 0 Å². The van der Waals surface area contributed by atoms with Crippen LogP contribution in [-0.4, -0.2) is 43.2 Å². The molecular weight excluding hydrogens is 166 g/mol. The molecule has 0 aromatic carbocycles. The third kappa shape index (κ3) is 3.55. The highest BCUT2D eigenvalue weighted by Gasteiger charge is 2.22. The van der Waals surface area contributed by atoms with Crippen LogP contribution in [0.15, 0.2) is 0 Å². The Balaban J connectivity index is 0.000000671. The van der Waals surface area contributed by atoms with Crippen molar-refractivity contribution in [1.29, 1.82) is 5.41 Å². The van der Waals surface area contributed by atoms with E-state index in [1.165, 1.54) is 0 Å². The Kier molecular flexibility index (Phi) is 6.14. The molecule has 4 heteroatoms. The van der Waals surface area contributed by atoms with Crippen molar-refractivity contribution in [3.05, 3.63) is 0 Å². The molecule has 0 aliphatic carbocycles. The summed E-state index contributed by atoms with van der Waals surface area (Å²) in [6.07, 6.45) is 1.10. The molecule has 2 N–H and O–H groups in total. The molecule has 1 heterocycles. The summed E-state index contributed by atoms with van der Waals surface area (Å²) in [5.74, 6) is 0.196. The molecule has 1 amide bonds. The van der Waals surface area contributed by atoms with Crippen molar-refractivity contribution < 1.29 is 4.79 Å². The van der Waals surface area contributed by atoms with Crippen molar-refractivity contribution >= 4 is 12.6 Å². The van der Waals surface area contributed by atoms with E-state index >= 15 is 0 Å². The number of nitrogens with zero attached hydrogens (tertiary/aromatic N) is 1. The molecule has 0 saturated carbocycles. The number of hydrogen-bond donors (Lipinski definition) is 2. The summed E-state index contributed by atoms with van der Waals surface area (Å²) in [6.45, 7) is 9.02. The van der Waals surface area contributed by atoms with Crippen LogP contribution in [0.4, 0.5) is 0 Å².